The first-order chi connectivity index (χ1) is 12.8. The maximum atomic E-state index is 12.9. The standard InChI is InChI=1S/C20H24N4OS/c25-20(21-15-2-1-3-16-6-8-24(16)11-15)19-17-10-13(14-7-9-26-12-14)4-5-18(17)22-23-19/h4-5,7,9-10,14-16H,1-3,6,8,11-12H2,(H,21,25)(H,22,23)/t14?,15-,16?/m1/s1. The van der Waals surface area contributed by atoms with E-state index in [0.717, 1.165) is 35.7 Å². The van der Waals surface area contributed by atoms with Crippen LogP contribution in [-0.2, 0) is 0 Å². The van der Waals surface area contributed by atoms with Gasteiger partial charge in [0.1, 0.15) is 0 Å². The molecule has 1 amide bonds. The summed E-state index contributed by atoms with van der Waals surface area (Å²) in [4.78, 5) is 15.4. The van der Waals surface area contributed by atoms with Crippen LogP contribution in [0.15, 0.2) is 29.7 Å². The highest BCUT2D eigenvalue weighted by Gasteiger charge is 2.33. The molecule has 1 aromatic carbocycles. The minimum Gasteiger partial charge on any atom is -0.347 e. The predicted molar refractivity (Wildman–Crippen MR) is 106 cm³/mol. The highest BCUT2D eigenvalue weighted by atomic mass is 32.2. The quantitative estimate of drug-likeness (QED) is 0.873. The lowest BCUT2D eigenvalue weighted by molar-refractivity contribution is 0.0787. The molecule has 5 rings (SSSR count). The Kier molecular flexibility index (Phi) is 4.25. The summed E-state index contributed by atoms with van der Waals surface area (Å²) in [5.41, 5.74) is 2.71. The molecule has 2 aromatic rings. The van der Waals surface area contributed by atoms with Crippen molar-refractivity contribution in [1.29, 1.82) is 0 Å². The fourth-order valence-electron chi connectivity index (χ4n) is 4.42. The Morgan fingerprint density at radius 2 is 2.27 bits per heavy atom. The van der Waals surface area contributed by atoms with Gasteiger partial charge in [-0.2, -0.15) is 5.10 Å². The monoisotopic (exact) mass is 368 g/mol. The zero-order valence-corrected chi connectivity index (χ0v) is 15.6. The summed E-state index contributed by atoms with van der Waals surface area (Å²) in [6.45, 7) is 2.16. The first kappa shape index (κ1) is 16.4. The molecule has 0 radical (unpaired) electrons. The largest absolute Gasteiger partial charge is 0.347 e. The molecule has 1 aromatic heterocycles. The van der Waals surface area contributed by atoms with Crippen molar-refractivity contribution in [2.24, 2.45) is 0 Å². The number of thioether (sulfide) groups is 1. The van der Waals surface area contributed by atoms with Crippen LogP contribution in [-0.4, -0.2) is 51.9 Å². The molecule has 2 unspecified atom stereocenters. The summed E-state index contributed by atoms with van der Waals surface area (Å²) in [6, 6.07) is 7.30. The summed E-state index contributed by atoms with van der Waals surface area (Å²) in [6.07, 6.45) is 7.09. The summed E-state index contributed by atoms with van der Waals surface area (Å²) in [7, 11) is 0. The zero-order valence-electron chi connectivity index (χ0n) is 14.8. The number of nitrogens with zero attached hydrogens (tertiary/aromatic N) is 2. The van der Waals surface area contributed by atoms with Crippen LogP contribution in [0.2, 0.25) is 0 Å². The van der Waals surface area contributed by atoms with E-state index < -0.39 is 0 Å². The molecule has 5 nitrogen and oxygen atoms in total. The number of aromatic nitrogens is 2. The molecule has 3 atom stereocenters. The number of carbonyl (C=O) groups is 1. The number of allylic oxidation sites excluding steroid dienone is 1. The summed E-state index contributed by atoms with van der Waals surface area (Å²) in [5, 5.41) is 13.7. The number of H-pyrrole nitrogens is 1. The second-order valence-electron chi connectivity index (χ2n) is 7.68. The van der Waals surface area contributed by atoms with Gasteiger partial charge < -0.3 is 5.32 Å². The van der Waals surface area contributed by atoms with Crippen LogP contribution >= 0.6 is 11.8 Å². The zero-order chi connectivity index (χ0) is 17.5. The van der Waals surface area contributed by atoms with Crippen LogP contribution in [0, 0.1) is 0 Å². The van der Waals surface area contributed by atoms with Crippen LogP contribution in [0.3, 0.4) is 0 Å². The van der Waals surface area contributed by atoms with Crippen LogP contribution < -0.4 is 5.32 Å². The molecule has 2 fully saturated rings. The first-order valence-electron chi connectivity index (χ1n) is 9.59. The average Bonchev–Trinajstić information content (AvgIpc) is 3.28. The Labute approximate surface area is 157 Å². The number of aromatic amines is 1. The number of rotatable bonds is 3. The van der Waals surface area contributed by atoms with E-state index in [4.69, 9.17) is 0 Å². The third-order valence-corrected chi connectivity index (χ3v) is 6.96. The molecule has 2 N–H and O–H groups in total. The van der Waals surface area contributed by atoms with Gasteiger partial charge in [-0.15, -0.1) is 11.8 Å². The van der Waals surface area contributed by atoms with E-state index in [1.54, 1.807) is 0 Å². The molecule has 6 heteroatoms. The Balaban J connectivity index is 1.36. The van der Waals surface area contributed by atoms with Gasteiger partial charge in [0.15, 0.2) is 5.69 Å². The normalized spacial score (nSPS) is 28.5. The van der Waals surface area contributed by atoms with Gasteiger partial charge in [0.25, 0.3) is 5.91 Å². The molecule has 0 spiro atoms. The van der Waals surface area contributed by atoms with Crippen LogP contribution in [0.4, 0.5) is 0 Å². The lowest BCUT2D eigenvalue weighted by atomic mass is 9.99. The third kappa shape index (κ3) is 2.95. The fourth-order valence-corrected chi connectivity index (χ4v) is 5.34. The molecule has 0 bridgehead atoms. The molecule has 26 heavy (non-hydrogen) atoms. The lowest BCUT2D eigenvalue weighted by Crippen LogP contribution is -2.52. The Bertz CT molecular complexity index is 861. The Morgan fingerprint density at radius 3 is 3.08 bits per heavy atom. The highest BCUT2D eigenvalue weighted by Crippen LogP contribution is 2.32. The van der Waals surface area contributed by atoms with Gasteiger partial charge in [-0.25, -0.2) is 0 Å². The molecule has 136 valence electrons. The van der Waals surface area contributed by atoms with Crippen LogP contribution in [0.5, 0.6) is 0 Å². The van der Waals surface area contributed by atoms with Gasteiger partial charge >= 0.3 is 0 Å². The maximum Gasteiger partial charge on any atom is 0.272 e. The molecule has 0 saturated carbocycles. The van der Waals surface area contributed by atoms with Crippen molar-refractivity contribution < 1.29 is 4.79 Å². The second kappa shape index (κ2) is 6.74. The molecular formula is C20H24N4OS. The number of amides is 1. The minimum absolute atomic E-state index is 0.0475. The van der Waals surface area contributed by atoms with E-state index in [0.29, 0.717) is 11.6 Å². The molecule has 3 aliphatic rings. The van der Waals surface area contributed by atoms with Crippen molar-refractivity contribution in [2.75, 3.05) is 18.8 Å². The average molecular weight is 369 g/mol. The summed E-state index contributed by atoms with van der Waals surface area (Å²) < 4.78 is 0. The number of hydrogen-bond acceptors (Lipinski definition) is 4. The number of nitrogens with one attached hydrogen (secondary N) is 2. The van der Waals surface area contributed by atoms with Gasteiger partial charge in [0.05, 0.1) is 5.52 Å². The molecule has 2 saturated heterocycles. The summed E-state index contributed by atoms with van der Waals surface area (Å²) in [5.74, 6) is 1.46. The van der Waals surface area contributed by atoms with Crippen molar-refractivity contribution in [3.05, 3.63) is 40.9 Å². The Hall–Kier alpha value is -1.79. The van der Waals surface area contributed by atoms with Crippen LogP contribution in [0.1, 0.15) is 47.7 Å². The van der Waals surface area contributed by atoms with Crippen molar-refractivity contribution in [3.63, 3.8) is 0 Å². The molecule has 3 aliphatic heterocycles. The topological polar surface area (TPSA) is 61.0 Å². The van der Waals surface area contributed by atoms with Gasteiger partial charge in [-0.1, -0.05) is 12.1 Å². The van der Waals surface area contributed by atoms with Gasteiger partial charge in [-0.05, 0) is 55.3 Å². The minimum atomic E-state index is -0.0475. The highest BCUT2D eigenvalue weighted by molar-refractivity contribution is 8.02. The van der Waals surface area contributed by atoms with Gasteiger partial charge in [0, 0.05) is 35.7 Å². The summed E-state index contributed by atoms with van der Waals surface area (Å²) >= 11 is 1.84. The third-order valence-electron chi connectivity index (χ3n) is 6.06. The molecule has 4 heterocycles. The maximum absolute atomic E-state index is 12.9. The van der Waals surface area contributed by atoms with E-state index >= 15 is 0 Å². The number of hydrogen-bond donors (Lipinski definition) is 2. The van der Waals surface area contributed by atoms with E-state index in [-0.39, 0.29) is 11.9 Å². The van der Waals surface area contributed by atoms with Crippen molar-refractivity contribution in [1.82, 2.24) is 20.4 Å². The molecular weight excluding hydrogens is 344 g/mol. The lowest BCUT2D eigenvalue weighted by Gasteiger charge is -2.40. The number of benzene rings is 1. The predicted octanol–water partition coefficient (Wildman–Crippen LogP) is 3.26. The first-order valence-corrected chi connectivity index (χ1v) is 10.6. The Morgan fingerprint density at radius 1 is 1.31 bits per heavy atom. The van der Waals surface area contributed by atoms with Crippen molar-refractivity contribution in [3.8, 4) is 0 Å². The van der Waals surface area contributed by atoms with E-state index in [2.05, 4.69) is 44.0 Å². The van der Waals surface area contributed by atoms with Gasteiger partial charge in [-0.3, -0.25) is 14.8 Å². The van der Waals surface area contributed by atoms with Crippen molar-refractivity contribution >= 4 is 28.6 Å². The van der Waals surface area contributed by atoms with E-state index in [1.165, 1.54) is 31.4 Å². The van der Waals surface area contributed by atoms with Gasteiger partial charge in [0.2, 0.25) is 0 Å². The van der Waals surface area contributed by atoms with E-state index in [9.17, 15) is 4.79 Å². The SMILES string of the molecule is O=C(N[C@@H]1CCCC2CCN2C1)c1n[nH]c2ccc(C3C=CSC3)cc12. The second-order valence-corrected chi connectivity index (χ2v) is 8.62. The van der Waals surface area contributed by atoms with E-state index in [1.807, 2.05) is 17.8 Å². The van der Waals surface area contributed by atoms with Crippen LogP contribution in [0.25, 0.3) is 10.9 Å². The molecule has 0 aliphatic carbocycles. The smallest absolute Gasteiger partial charge is 0.272 e. The van der Waals surface area contributed by atoms with Crippen molar-refractivity contribution in [2.45, 2.75) is 43.7 Å². The number of carbonyl (C=O) groups excluding carboxylic acids is 1. The fraction of sp³-hybridized carbons (Fsp3) is 0.500. The number of fused-ring (bicyclic) bond motifs is 2.